The van der Waals surface area contributed by atoms with Gasteiger partial charge in [-0.3, -0.25) is 0 Å². The van der Waals surface area contributed by atoms with Crippen molar-refractivity contribution in [2.75, 3.05) is 7.11 Å². The topological polar surface area (TPSA) is 46.5 Å². The van der Waals surface area contributed by atoms with Gasteiger partial charge in [0, 0.05) is 10.9 Å². The van der Waals surface area contributed by atoms with E-state index in [9.17, 15) is 4.79 Å². The Hall–Kier alpha value is -1.66. The molecule has 0 saturated carbocycles. The number of carboxylic acids is 1. The molecule has 0 aliphatic carbocycles. The lowest BCUT2D eigenvalue weighted by Crippen LogP contribution is -1.99. The molecule has 1 aromatic carbocycles. The molecule has 0 saturated heterocycles. The van der Waals surface area contributed by atoms with Crippen molar-refractivity contribution in [1.82, 2.24) is 0 Å². The molecule has 0 bridgehead atoms. The van der Waals surface area contributed by atoms with E-state index in [4.69, 9.17) is 21.4 Å². The SMILES string of the molecule is COc1c(C)c(C)c(Cl)c(C)c1C#CC(=O)O. The fraction of sp³-hybridized carbons (Fsp3) is 0.308. The first-order chi connectivity index (χ1) is 7.90. The predicted octanol–water partition coefficient (Wildman–Crippen LogP) is 2.71. The highest BCUT2D eigenvalue weighted by Gasteiger charge is 2.15. The molecule has 1 N–H and O–H groups in total. The summed E-state index contributed by atoms with van der Waals surface area (Å²) in [5.74, 6) is 4.06. The van der Waals surface area contributed by atoms with Crippen LogP contribution < -0.4 is 4.74 Å². The fourth-order valence-electron chi connectivity index (χ4n) is 1.61. The average Bonchev–Trinajstić information content (AvgIpc) is 2.29. The maximum absolute atomic E-state index is 10.5. The van der Waals surface area contributed by atoms with Crippen LogP contribution in [-0.4, -0.2) is 18.2 Å². The largest absolute Gasteiger partial charge is 0.495 e. The van der Waals surface area contributed by atoms with E-state index in [1.54, 1.807) is 6.92 Å². The number of hydrogen-bond acceptors (Lipinski definition) is 2. The molecule has 90 valence electrons. The van der Waals surface area contributed by atoms with Gasteiger partial charge in [0.25, 0.3) is 0 Å². The van der Waals surface area contributed by atoms with Crippen LogP contribution in [0.3, 0.4) is 0 Å². The first kappa shape index (κ1) is 13.4. The molecule has 4 heteroatoms. The Bertz CT molecular complexity index is 536. The number of ether oxygens (including phenoxy) is 1. The highest BCUT2D eigenvalue weighted by Crippen LogP contribution is 2.35. The predicted molar refractivity (Wildman–Crippen MR) is 66.7 cm³/mol. The van der Waals surface area contributed by atoms with E-state index in [1.807, 2.05) is 13.8 Å². The molecular weight excluding hydrogens is 240 g/mol. The smallest absolute Gasteiger partial charge is 0.382 e. The van der Waals surface area contributed by atoms with Gasteiger partial charge in [-0.05, 0) is 37.5 Å². The Morgan fingerprint density at radius 2 is 1.82 bits per heavy atom. The van der Waals surface area contributed by atoms with E-state index in [-0.39, 0.29) is 0 Å². The molecule has 0 heterocycles. The van der Waals surface area contributed by atoms with E-state index < -0.39 is 5.97 Å². The molecule has 0 radical (unpaired) electrons. The quantitative estimate of drug-likeness (QED) is 0.782. The van der Waals surface area contributed by atoms with E-state index in [0.29, 0.717) is 16.3 Å². The first-order valence-electron chi connectivity index (χ1n) is 4.98. The van der Waals surface area contributed by atoms with E-state index >= 15 is 0 Å². The van der Waals surface area contributed by atoms with Gasteiger partial charge in [-0.2, -0.15) is 0 Å². The van der Waals surface area contributed by atoms with E-state index in [1.165, 1.54) is 7.11 Å². The van der Waals surface area contributed by atoms with Gasteiger partial charge in [0.1, 0.15) is 5.75 Å². The lowest BCUT2D eigenvalue weighted by Gasteiger charge is -2.15. The summed E-state index contributed by atoms with van der Waals surface area (Å²) in [6, 6.07) is 0. The zero-order chi connectivity index (χ0) is 13.2. The molecule has 0 spiro atoms. The zero-order valence-electron chi connectivity index (χ0n) is 10.1. The molecule has 0 fully saturated rings. The molecule has 3 nitrogen and oxygen atoms in total. The van der Waals surface area contributed by atoms with Crippen molar-refractivity contribution in [2.24, 2.45) is 0 Å². The van der Waals surface area contributed by atoms with Crippen LogP contribution in [0.5, 0.6) is 5.75 Å². The molecule has 1 rings (SSSR count). The average molecular weight is 253 g/mol. The maximum Gasteiger partial charge on any atom is 0.382 e. The Labute approximate surface area is 105 Å². The molecule has 0 aliphatic heterocycles. The molecule has 17 heavy (non-hydrogen) atoms. The summed E-state index contributed by atoms with van der Waals surface area (Å²) in [7, 11) is 1.53. The molecule has 1 aromatic rings. The number of rotatable bonds is 1. The van der Waals surface area contributed by atoms with Crippen molar-refractivity contribution in [3.05, 3.63) is 27.3 Å². The van der Waals surface area contributed by atoms with Crippen molar-refractivity contribution < 1.29 is 14.6 Å². The number of hydrogen-bond donors (Lipinski definition) is 1. The highest BCUT2D eigenvalue weighted by atomic mass is 35.5. The minimum atomic E-state index is -1.18. The lowest BCUT2D eigenvalue weighted by molar-refractivity contribution is -0.130. The van der Waals surface area contributed by atoms with Crippen LogP contribution in [0.15, 0.2) is 0 Å². The van der Waals surface area contributed by atoms with Crippen LogP contribution in [0, 0.1) is 32.6 Å². The summed E-state index contributed by atoms with van der Waals surface area (Å²) >= 11 is 6.16. The van der Waals surface area contributed by atoms with Crippen molar-refractivity contribution in [3.63, 3.8) is 0 Å². The minimum Gasteiger partial charge on any atom is -0.495 e. The van der Waals surface area contributed by atoms with Crippen LogP contribution in [0.25, 0.3) is 0 Å². The second-order valence-electron chi connectivity index (χ2n) is 3.65. The Morgan fingerprint density at radius 3 is 2.29 bits per heavy atom. The van der Waals surface area contributed by atoms with E-state index in [0.717, 1.165) is 16.7 Å². The Balaban J connectivity index is 3.60. The molecule has 0 unspecified atom stereocenters. The summed E-state index contributed by atoms with van der Waals surface area (Å²) in [4.78, 5) is 10.5. The van der Waals surface area contributed by atoms with E-state index in [2.05, 4.69) is 11.8 Å². The van der Waals surface area contributed by atoms with Crippen LogP contribution in [0.1, 0.15) is 22.3 Å². The van der Waals surface area contributed by atoms with Crippen LogP contribution in [0.4, 0.5) is 0 Å². The maximum atomic E-state index is 10.5. The second-order valence-corrected chi connectivity index (χ2v) is 4.03. The monoisotopic (exact) mass is 252 g/mol. The summed E-state index contributed by atoms with van der Waals surface area (Å²) in [6.07, 6.45) is 0. The van der Waals surface area contributed by atoms with Gasteiger partial charge < -0.3 is 9.84 Å². The first-order valence-corrected chi connectivity index (χ1v) is 5.36. The highest BCUT2D eigenvalue weighted by molar-refractivity contribution is 6.32. The normalized spacial score (nSPS) is 9.47. The number of carboxylic acid groups (broad SMARTS) is 1. The second kappa shape index (κ2) is 5.11. The number of halogens is 1. The standard InChI is InChI=1S/C13H13ClO3/c1-7-8(2)13(17-4)10(5-6-11(15)16)9(3)12(7)14/h1-4H3,(H,15,16). The van der Waals surface area contributed by atoms with Crippen molar-refractivity contribution in [2.45, 2.75) is 20.8 Å². The molecule has 0 aromatic heterocycles. The third-order valence-corrected chi connectivity index (χ3v) is 3.23. The van der Waals surface area contributed by atoms with Gasteiger partial charge in [-0.1, -0.05) is 17.5 Å². The zero-order valence-corrected chi connectivity index (χ0v) is 10.9. The van der Waals surface area contributed by atoms with Gasteiger partial charge >= 0.3 is 5.97 Å². The van der Waals surface area contributed by atoms with Crippen LogP contribution >= 0.6 is 11.6 Å². The van der Waals surface area contributed by atoms with Gasteiger partial charge in [0.2, 0.25) is 0 Å². The van der Waals surface area contributed by atoms with Gasteiger partial charge in [-0.25, -0.2) is 4.79 Å². The third kappa shape index (κ3) is 2.54. The Morgan fingerprint density at radius 1 is 1.24 bits per heavy atom. The van der Waals surface area contributed by atoms with Crippen molar-refractivity contribution >= 4 is 17.6 Å². The number of carbonyl (C=O) groups is 1. The number of benzene rings is 1. The molecule has 0 aliphatic rings. The lowest BCUT2D eigenvalue weighted by atomic mass is 9.99. The summed E-state index contributed by atoms with van der Waals surface area (Å²) in [5, 5.41) is 9.17. The summed E-state index contributed by atoms with van der Waals surface area (Å²) in [6.45, 7) is 5.55. The fourth-order valence-corrected chi connectivity index (χ4v) is 1.84. The molecule has 0 amide bonds. The Kier molecular flexibility index (Phi) is 4.03. The van der Waals surface area contributed by atoms with Crippen LogP contribution in [0.2, 0.25) is 5.02 Å². The van der Waals surface area contributed by atoms with Crippen molar-refractivity contribution in [3.8, 4) is 17.6 Å². The number of methoxy groups -OCH3 is 1. The number of aliphatic carboxylic acids is 1. The summed E-state index contributed by atoms with van der Waals surface area (Å²) < 4.78 is 5.27. The molecular formula is C13H13ClO3. The van der Waals surface area contributed by atoms with Gasteiger partial charge in [0.15, 0.2) is 0 Å². The van der Waals surface area contributed by atoms with Crippen molar-refractivity contribution in [1.29, 1.82) is 0 Å². The third-order valence-electron chi connectivity index (χ3n) is 2.66. The molecule has 0 atom stereocenters. The summed E-state index contributed by atoms with van der Waals surface area (Å²) in [5.41, 5.74) is 3.06. The van der Waals surface area contributed by atoms with Crippen LogP contribution in [-0.2, 0) is 4.79 Å². The minimum absolute atomic E-state index is 0.531. The van der Waals surface area contributed by atoms with Gasteiger partial charge in [0.05, 0.1) is 12.7 Å². The van der Waals surface area contributed by atoms with Gasteiger partial charge in [-0.15, -0.1) is 0 Å².